The molecule has 0 N–H and O–H groups in total. The lowest BCUT2D eigenvalue weighted by molar-refractivity contribution is -0.125. The largest absolute Gasteiger partial charge is 0.342 e. The maximum atomic E-state index is 11.9. The van der Waals surface area contributed by atoms with Gasteiger partial charge in [0.25, 0.3) is 0 Å². The van der Waals surface area contributed by atoms with Crippen molar-refractivity contribution in [2.24, 2.45) is 5.92 Å². The number of benzene rings is 1. The molecule has 0 saturated heterocycles. The normalized spacial score (nSPS) is 20.0. The molecule has 2 rings (SSSR count). The fourth-order valence-electron chi connectivity index (χ4n) is 4.15. The number of nitrogens with zero attached hydrogens (tertiary/aromatic N) is 1. The van der Waals surface area contributed by atoms with E-state index >= 15 is 0 Å². The summed E-state index contributed by atoms with van der Waals surface area (Å²) in [4.78, 5) is 13.6. The summed E-state index contributed by atoms with van der Waals surface area (Å²) >= 11 is 0. The van der Waals surface area contributed by atoms with E-state index in [-0.39, 0.29) is 5.91 Å². The Morgan fingerprint density at radius 3 is 2.35 bits per heavy atom. The molecule has 1 amide bonds. The first kappa shape index (κ1) is 20.7. The van der Waals surface area contributed by atoms with Crippen LogP contribution in [0.2, 0.25) is 0 Å². The molecule has 2 nitrogen and oxygen atoms in total. The van der Waals surface area contributed by atoms with E-state index in [1.54, 1.807) is 11.8 Å². The van der Waals surface area contributed by atoms with Crippen LogP contribution in [0.1, 0.15) is 82.3 Å². The van der Waals surface area contributed by atoms with Gasteiger partial charge in [-0.25, -0.2) is 0 Å². The fourth-order valence-corrected chi connectivity index (χ4v) is 4.15. The topological polar surface area (TPSA) is 20.3 Å². The molecule has 26 heavy (non-hydrogen) atoms. The fraction of sp³-hybridized carbons (Fsp3) is 0.625. The van der Waals surface area contributed by atoms with E-state index in [0.29, 0.717) is 5.57 Å². The number of likely N-dealkylation sites (N-methyl/N-ethyl adjacent to an activating group) is 1. The molecule has 1 saturated carbocycles. The predicted molar refractivity (Wildman–Crippen MR) is 111 cm³/mol. The third-order valence-corrected chi connectivity index (χ3v) is 5.96. The van der Waals surface area contributed by atoms with Crippen LogP contribution in [0, 0.1) is 5.92 Å². The van der Waals surface area contributed by atoms with E-state index in [2.05, 4.69) is 37.8 Å². The van der Waals surface area contributed by atoms with Crippen molar-refractivity contribution in [2.75, 3.05) is 13.6 Å². The summed E-state index contributed by atoms with van der Waals surface area (Å²) in [6.45, 7) is 8.53. The van der Waals surface area contributed by atoms with Gasteiger partial charge in [-0.2, -0.15) is 0 Å². The molecule has 144 valence electrons. The Bertz CT molecular complexity index is 566. The third-order valence-electron chi connectivity index (χ3n) is 5.96. The van der Waals surface area contributed by atoms with Crippen LogP contribution in [0.4, 0.5) is 0 Å². The number of amides is 1. The number of hydrogen-bond acceptors (Lipinski definition) is 1. The maximum Gasteiger partial charge on any atom is 0.248 e. The highest BCUT2D eigenvalue weighted by Gasteiger charge is 2.22. The van der Waals surface area contributed by atoms with Crippen molar-refractivity contribution < 1.29 is 4.79 Å². The second-order valence-electron chi connectivity index (χ2n) is 8.21. The average molecular weight is 356 g/mol. The van der Waals surface area contributed by atoms with E-state index < -0.39 is 0 Å². The summed E-state index contributed by atoms with van der Waals surface area (Å²) in [5.74, 6) is 1.76. The van der Waals surface area contributed by atoms with Gasteiger partial charge in [-0.1, -0.05) is 63.5 Å². The van der Waals surface area contributed by atoms with Crippen molar-refractivity contribution in [1.29, 1.82) is 0 Å². The first-order valence-corrected chi connectivity index (χ1v) is 10.5. The highest BCUT2D eigenvalue weighted by Crippen LogP contribution is 2.37. The molecule has 1 aliphatic rings. The molecular formula is C24H37NO. The van der Waals surface area contributed by atoms with Gasteiger partial charge in [-0.3, -0.25) is 4.79 Å². The Hall–Kier alpha value is -1.57. The monoisotopic (exact) mass is 355 g/mol. The van der Waals surface area contributed by atoms with Crippen molar-refractivity contribution in [3.8, 4) is 0 Å². The van der Waals surface area contributed by atoms with Gasteiger partial charge in [-0.05, 0) is 62.0 Å². The van der Waals surface area contributed by atoms with Crippen LogP contribution < -0.4 is 0 Å². The lowest BCUT2D eigenvalue weighted by Crippen LogP contribution is -2.29. The SMILES string of the molecule is C=C(C)C(=O)N(C)CCc1ccc(C2CCC(CCCCC)CC2)cc1. The minimum atomic E-state index is 0.0392. The average Bonchev–Trinajstić information content (AvgIpc) is 2.66. The summed E-state index contributed by atoms with van der Waals surface area (Å²) < 4.78 is 0. The number of hydrogen-bond donors (Lipinski definition) is 0. The van der Waals surface area contributed by atoms with E-state index in [1.165, 1.54) is 62.5 Å². The Morgan fingerprint density at radius 1 is 1.12 bits per heavy atom. The number of unbranched alkanes of at least 4 members (excludes halogenated alkanes) is 2. The van der Waals surface area contributed by atoms with E-state index in [9.17, 15) is 4.79 Å². The van der Waals surface area contributed by atoms with Crippen LogP contribution in [0.3, 0.4) is 0 Å². The summed E-state index contributed by atoms with van der Waals surface area (Å²) in [6.07, 6.45) is 12.0. The molecule has 1 fully saturated rings. The van der Waals surface area contributed by atoms with Crippen LogP contribution in [0.25, 0.3) is 0 Å². The molecule has 0 aromatic heterocycles. The summed E-state index contributed by atoms with van der Waals surface area (Å²) in [6, 6.07) is 9.14. The van der Waals surface area contributed by atoms with Crippen LogP contribution >= 0.6 is 0 Å². The number of rotatable bonds is 9. The Kier molecular flexibility index (Phi) is 8.41. The second kappa shape index (κ2) is 10.5. The van der Waals surface area contributed by atoms with Crippen molar-refractivity contribution in [2.45, 2.75) is 77.6 Å². The second-order valence-corrected chi connectivity index (χ2v) is 8.21. The number of carbonyl (C=O) groups excluding carboxylic acids is 1. The highest BCUT2D eigenvalue weighted by molar-refractivity contribution is 5.91. The van der Waals surface area contributed by atoms with Crippen LogP contribution in [-0.2, 0) is 11.2 Å². The first-order chi connectivity index (χ1) is 12.5. The molecule has 1 aromatic carbocycles. The maximum absolute atomic E-state index is 11.9. The zero-order chi connectivity index (χ0) is 18.9. The molecule has 0 aliphatic heterocycles. The zero-order valence-electron chi connectivity index (χ0n) is 17.1. The van der Waals surface area contributed by atoms with Crippen molar-refractivity contribution in [1.82, 2.24) is 4.90 Å². The minimum absolute atomic E-state index is 0.0392. The van der Waals surface area contributed by atoms with Crippen LogP contribution in [0.15, 0.2) is 36.4 Å². The molecule has 1 aliphatic carbocycles. The standard InChI is InChI=1S/C24H37NO/c1-5-6-7-8-20-9-13-22(14-10-20)23-15-11-21(12-16-23)17-18-25(4)24(26)19(2)3/h11-12,15-16,20,22H,2,5-10,13-14,17-18H2,1,3-4H3. The summed E-state index contributed by atoms with van der Waals surface area (Å²) in [7, 11) is 1.85. The third kappa shape index (κ3) is 6.30. The van der Waals surface area contributed by atoms with E-state index in [1.807, 2.05) is 7.05 Å². The zero-order valence-corrected chi connectivity index (χ0v) is 17.1. The van der Waals surface area contributed by atoms with Crippen molar-refractivity contribution in [3.05, 3.63) is 47.5 Å². The van der Waals surface area contributed by atoms with E-state index in [0.717, 1.165) is 24.8 Å². The lowest BCUT2D eigenvalue weighted by Gasteiger charge is -2.29. The van der Waals surface area contributed by atoms with Gasteiger partial charge in [0.2, 0.25) is 5.91 Å². The van der Waals surface area contributed by atoms with Crippen molar-refractivity contribution in [3.63, 3.8) is 0 Å². The van der Waals surface area contributed by atoms with E-state index in [4.69, 9.17) is 0 Å². The predicted octanol–water partition coefficient (Wildman–Crippen LogP) is 6.12. The van der Waals surface area contributed by atoms with Crippen LogP contribution in [0.5, 0.6) is 0 Å². The molecule has 0 spiro atoms. The molecule has 0 atom stereocenters. The number of carbonyl (C=O) groups is 1. The minimum Gasteiger partial charge on any atom is -0.342 e. The van der Waals surface area contributed by atoms with Gasteiger partial charge in [0, 0.05) is 19.2 Å². The lowest BCUT2D eigenvalue weighted by atomic mass is 9.77. The highest BCUT2D eigenvalue weighted by atomic mass is 16.2. The summed E-state index contributed by atoms with van der Waals surface area (Å²) in [5, 5.41) is 0. The quantitative estimate of drug-likeness (QED) is 0.386. The first-order valence-electron chi connectivity index (χ1n) is 10.5. The van der Waals surface area contributed by atoms with Gasteiger partial charge < -0.3 is 4.90 Å². The molecular weight excluding hydrogens is 318 g/mol. The molecule has 2 heteroatoms. The smallest absolute Gasteiger partial charge is 0.248 e. The van der Waals surface area contributed by atoms with Gasteiger partial charge in [0.15, 0.2) is 0 Å². The molecule has 1 aromatic rings. The van der Waals surface area contributed by atoms with Crippen molar-refractivity contribution >= 4 is 5.91 Å². The van der Waals surface area contributed by atoms with Gasteiger partial charge in [-0.15, -0.1) is 0 Å². The van der Waals surface area contributed by atoms with Gasteiger partial charge in [0.05, 0.1) is 0 Å². The Balaban J connectivity index is 1.77. The summed E-state index contributed by atoms with van der Waals surface area (Å²) in [5.41, 5.74) is 3.42. The van der Waals surface area contributed by atoms with Gasteiger partial charge in [0.1, 0.15) is 0 Å². The van der Waals surface area contributed by atoms with Crippen LogP contribution in [-0.4, -0.2) is 24.4 Å². The molecule has 0 unspecified atom stereocenters. The Morgan fingerprint density at radius 2 is 1.77 bits per heavy atom. The van der Waals surface area contributed by atoms with Gasteiger partial charge >= 0.3 is 0 Å². The molecule has 0 bridgehead atoms. The molecule has 0 radical (unpaired) electrons. The molecule has 0 heterocycles. The Labute approximate surface area is 160 Å².